The molecule has 0 saturated carbocycles. The first-order valence-electron chi connectivity index (χ1n) is 2.22. The van der Waals surface area contributed by atoms with E-state index in [9.17, 15) is 4.79 Å². The van der Waals surface area contributed by atoms with Crippen molar-refractivity contribution in [2.75, 3.05) is 0 Å². The average Bonchev–Trinajstić information content (AvgIpc) is 1.64. The number of carbonyl (C=O) groups is 1. The maximum Gasteiger partial charge on any atom is 1.00 e. The number of aliphatic hydroxyl groups is 1. The van der Waals surface area contributed by atoms with Gasteiger partial charge in [-0.2, -0.15) is 0 Å². The predicted molar refractivity (Wildman–Crippen MR) is 27.3 cm³/mol. The number of nitrogens with two attached hydrogens (primary N) is 1. The van der Waals surface area contributed by atoms with Gasteiger partial charge in [0.15, 0.2) is 0 Å². The SMILES string of the molecule is CC(O)C(N)C(=O)O.[Na+]. The first kappa shape index (κ1) is 12.1. The summed E-state index contributed by atoms with van der Waals surface area (Å²) in [5.41, 5.74) is 4.91. The third-order valence-corrected chi connectivity index (χ3v) is 0.805. The van der Waals surface area contributed by atoms with Gasteiger partial charge < -0.3 is 15.9 Å². The minimum Gasteiger partial charge on any atom is -0.480 e. The second-order valence-corrected chi connectivity index (χ2v) is 1.60. The Hall–Kier alpha value is 0.390. The Balaban J connectivity index is 0. The van der Waals surface area contributed by atoms with E-state index in [0.717, 1.165) is 0 Å². The first-order valence-corrected chi connectivity index (χ1v) is 2.22. The number of aliphatic hydroxyl groups excluding tert-OH is 1. The van der Waals surface area contributed by atoms with E-state index < -0.39 is 18.1 Å². The van der Waals surface area contributed by atoms with Gasteiger partial charge in [-0.3, -0.25) is 4.79 Å². The Morgan fingerprint density at radius 3 is 2.00 bits per heavy atom. The van der Waals surface area contributed by atoms with Crippen molar-refractivity contribution in [3.8, 4) is 0 Å². The average molecular weight is 142 g/mol. The molecule has 0 radical (unpaired) electrons. The molecule has 0 amide bonds. The fourth-order valence-corrected chi connectivity index (χ4v) is 0.206. The molecule has 0 heterocycles. The minimum absolute atomic E-state index is 0. The number of rotatable bonds is 2. The quantitative estimate of drug-likeness (QED) is 0.341. The molecule has 0 bridgehead atoms. The van der Waals surface area contributed by atoms with Crippen LogP contribution in [0.4, 0.5) is 0 Å². The topological polar surface area (TPSA) is 83.5 Å². The van der Waals surface area contributed by atoms with E-state index in [1.807, 2.05) is 0 Å². The standard InChI is InChI=1S/C4H9NO3.Na/c1-2(6)3(5)4(7)8;/h2-3,6H,5H2,1H3,(H,7,8);/q;+1. The molecule has 9 heavy (non-hydrogen) atoms. The van der Waals surface area contributed by atoms with Gasteiger partial charge in [0.25, 0.3) is 0 Å². The van der Waals surface area contributed by atoms with Crippen molar-refractivity contribution in [3.63, 3.8) is 0 Å². The number of hydrogen-bond acceptors (Lipinski definition) is 3. The van der Waals surface area contributed by atoms with Gasteiger partial charge in [-0.15, -0.1) is 0 Å². The third kappa shape index (κ3) is 4.87. The summed E-state index contributed by atoms with van der Waals surface area (Å²) in [4.78, 5) is 9.86. The molecule has 0 aromatic heterocycles. The number of carboxylic acid groups (broad SMARTS) is 1. The summed E-state index contributed by atoms with van der Waals surface area (Å²) in [6.45, 7) is 1.33. The van der Waals surface area contributed by atoms with Gasteiger partial charge in [0.1, 0.15) is 6.04 Å². The molecule has 0 spiro atoms. The van der Waals surface area contributed by atoms with E-state index in [4.69, 9.17) is 15.9 Å². The Kier molecular flexibility index (Phi) is 6.99. The molecule has 4 N–H and O–H groups in total. The molecule has 0 aliphatic rings. The summed E-state index contributed by atoms with van der Waals surface area (Å²) in [6, 6.07) is -1.16. The van der Waals surface area contributed by atoms with E-state index >= 15 is 0 Å². The van der Waals surface area contributed by atoms with Crippen molar-refractivity contribution < 1.29 is 44.6 Å². The zero-order valence-electron chi connectivity index (χ0n) is 5.53. The van der Waals surface area contributed by atoms with Crippen molar-refractivity contribution >= 4 is 5.97 Å². The summed E-state index contributed by atoms with van der Waals surface area (Å²) < 4.78 is 0. The first-order chi connectivity index (χ1) is 3.55. The van der Waals surface area contributed by atoms with Crippen LogP contribution < -0.4 is 35.3 Å². The van der Waals surface area contributed by atoms with Crippen molar-refractivity contribution in [1.82, 2.24) is 0 Å². The monoisotopic (exact) mass is 142 g/mol. The number of aliphatic carboxylic acids is 1. The molecule has 0 aromatic rings. The van der Waals surface area contributed by atoms with Crippen LogP contribution in [0.1, 0.15) is 6.92 Å². The molecule has 2 atom stereocenters. The van der Waals surface area contributed by atoms with Gasteiger partial charge in [-0.25, -0.2) is 0 Å². The fourth-order valence-electron chi connectivity index (χ4n) is 0.206. The Bertz CT molecular complexity index is 95.8. The van der Waals surface area contributed by atoms with Gasteiger partial charge in [0, 0.05) is 0 Å². The van der Waals surface area contributed by atoms with E-state index in [2.05, 4.69) is 0 Å². The van der Waals surface area contributed by atoms with Crippen LogP contribution in [-0.2, 0) is 4.79 Å². The van der Waals surface area contributed by atoms with Gasteiger partial charge >= 0.3 is 35.5 Å². The van der Waals surface area contributed by atoms with Gasteiger partial charge in [0.05, 0.1) is 6.10 Å². The Labute approximate surface area is 75.3 Å². The van der Waals surface area contributed by atoms with Crippen LogP contribution in [0.25, 0.3) is 0 Å². The molecule has 4 nitrogen and oxygen atoms in total. The van der Waals surface area contributed by atoms with Crippen molar-refractivity contribution in [1.29, 1.82) is 0 Å². The van der Waals surface area contributed by atoms with Crippen LogP contribution in [-0.4, -0.2) is 28.3 Å². The summed E-state index contributed by atoms with van der Waals surface area (Å²) >= 11 is 0. The molecule has 0 aliphatic heterocycles. The van der Waals surface area contributed by atoms with Crippen molar-refractivity contribution in [2.24, 2.45) is 5.73 Å². The van der Waals surface area contributed by atoms with E-state index in [1.165, 1.54) is 6.92 Å². The van der Waals surface area contributed by atoms with Gasteiger partial charge in [-0.05, 0) is 6.92 Å². The molecule has 2 unspecified atom stereocenters. The van der Waals surface area contributed by atoms with Gasteiger partial charge in [-0.1, -0.05) is 0 Å². The molecule has 0 aliphatic carbocycles. The van der Waals surface area contributed by atoms with Crippen LogP contribution >= 0.6 is 0 Å². The van der Waals surface area contributed by atoms with Crippen LogP contribution in [0.3, 0.4) is 0 Å². The summed E-state index contributed by atoms with van der Waals surface area (Å²) in [5, 5.41) is 16.6. The molecule has 5 heteroatoms. The summed E-state index contributed by atoms with van der Waals surface area (Å²) in [6.07, 6.45) is -0.979. The summed E-state index contributed by atoms with van der Waals surface area (Å²) in [7, 11) is 0. The Morgan fingerprint density at radius 2 is 2.00 bits per heavy atom. The molecule has 0 saturated heterocycles. The number of hydrogen-bond donors (Lipinski definition) is 3. The smallest absolute Gasteiger partial charge is 0.480 e. The van der Waals surface area contributed by atoms with E-state index in [0.29, 0.717) is 0 Å². The van der Waals surface area contributed by atoms with Crippen LogP contribution in [0.2, 0.25) is 0 Å². The molecule has 48 valence electrons. The molecule has 0 fully saturated rings. The van der Waals surface area contributed by atoms with Gasteiger partial charge in [0.2, 0.25) is 0 Å². The second-order valence-electron chi connectivity index (χ2n) is 1.60. The second kappa shape index (κ2) is 5.20. The predicted octanol–water partition coefficient (Wildman–Crippen LogP) is -4.22. The number of carboxylic acids is 1. The largest absolute Gasteiger partial charge is 1.00 e. The van der Waals surface area contributed by atoms with Crippen LogP contribution in [0.15, 0.2) is 0 Å². The molecule has 0 aromatic carbocycles. The fraction of sp³-hybridized carbons (Fsp3) is 0.750. The molecular formula is C4H9NNaO3+. The third-order valence-electron chi connectivity index (χ3n) is 0.805. The van der Waals surface area contributed by atoms with Crippen LogP contribution in [0.5, 0.6) is 0 Å². The van der Waals surface area contributed by atoms with E-state index in [-0.39, 0.29) is 29.6 Å². The molecule has 0 rings (SSSR count). The maximum absolute atomic E-state index is 9.86. The van der Waals surface area contributed by atoms with Crippen molar-refractivity contribution in [2.45, 2.75) is 19.1 Å². The minimum atomic E-state index is -1.18. The van der Waals surface area contributed by atoms with Crippen LogP contribution in [0, 0.1) is 0 Å². The summed E-state index contributed by atoms with van der Waals surface area (Å²) in [5.74, 6) is -1.18. The zero-order chi connectivity index (χ0) is 6.73. The molecular weight excluding hydrogens is 133 g/mol. The normalized spacial score (nSPS) is 15.4. The maximum atomic E-state index is 9.86. The van der Waals surface area contributed by atoms with Crippen molar-refractivity contribution in [3.05, 3.63) is 0 Å². The Morgan fingerprint density at radius 1 is 1.67 bits per heavy atom. The van der Waals surface area contributed by atoms with E-state index in [1.54, 1.807) is 0 Å². The zero-order valence-corrected chi connectivity index (χ0v) is 7.53.